The molecule has 0 aromatic heterocycles. The van der Waals surface area contributed by atoms with Crippen LogP contribution in [0.2, 0.25) is 0 Å². The molecule has 1 heterocycles. The van der Waals surface area contributed by atoms with Gasteiger partial charge < -0.3 is 9.64 Å². The number of carbonyl (C=O) groups excluding carboxylic acids is 1. The van der Waals surface area contributed by atoms with Crippen LogP contribution in [-0.4, -0.2) is 42.4 Å². The molecule has 0 spiro atoms. The van der Waals surface area contributed by atoms with Gasteiger partial charge in [0.1, 0.15) is 0 Å². The van der Waals surface area contributed by atoms with E-state index in [0.29, 0.717) is 6.10 Å². The van der Waals surface area contributed by atoms with Crippen LogP contribution in [-0.2, 0) is 17.6 Å². The zero-order valence-electron chi connectivity index (χ0n) is 15.9. The summed E-state index contributed by atoms with van der Waals surface area (Å²) in [5, 5.41) is 0. The summed E-state index contributed by atoms with van der Waals surface area (Å²) >= 11 is 1.75. The summed E-state index contributed by atoms with van der Waals surface area (Å²) < 4.78 is 5.73. The van der Waals surface area contributed by atoms with Gasteiger partial charge in [0.2, 0.25) is 0 Å². The maximum absolute atomic E-state index is 13.3. The molecule has 2 aliphatic rings. The number of hydrogen-bond donors (Lipinski definition) is 0. The number of ether oxygens (including phenoxy) is 1. The zero-order valence-corrected chi connectivity index (χ0v) is 16.7. The number of fused-ring (bicyclic) bond motifs is 1. The molecule has 27 heavy (non-hydrogen) atoms. The van der Waals surface area contributed by atoms with Crippen molar-refractivity contribution in [1.82, 2.24) is 4.90 Å². The van der Waals surface area contributed by atoms with E-state index in [2.05, 4.69) is 30.3 Å². The van der Waals surface area contributed by atoms with Crippen LogP contribution >= 0.6 is 11.8 Å². The molecule has 4 rings (SSSR count). The van der Waals surface area contributed by atoms with Gasteiger partial charge in [0.25, 0.3) is 5.91 Å². The lowest BCUT2D eigenvalue weighted by atomic mass is 9.87. The molecule has 1 amide bonds. The molecule has 1 saturated heterocycles. The Morgan fingerprint density at radius 1 is 1.11 bits per heavy atom. The molecule has 2 atom stereocenters. The molecule has 0 bridgehead atoms. The summed E-state index contributed by atoms with van der Waals surface area (Å²) in [4.78, 5) is 16.3. The van der Waals surface area contributed by atoms with Crippen LogP contribution in [0.5, 0.6) is 0 Å². The molecular formula is C23H27NO2S. The smallest absolute Gasteiger partial charge is 0.254 e. The molecule has 0 N–H and O–H groups in total. The third kappa shape index (κ3) is 4.22. The van der Waals surface area contributed by atoms with Crippen LogP contribution in [0.4, 0.5) is 0 Å². The van der Waals surface area contributed by atoms with Crippen molar-refractivity contribution < 1.29 is 9.53 Å². The van der Waals surface area contributed by atoms with E-state index in [9.17, 15) is 4.79 Å². The third-order valence-electron chi connectivity index (χ3n) is 5.76. The van der Waals surface area contributed by atoms with Crippen LogP contribution in [0.15, 0.2) is 53.4 Å². The van der Waals surface area contributed by atoms with Gasteiger partial charge in [0, 0.05) is 30.3 Å². The fourth-order valence-corrected chi connectivity index (χ4v) is 5.21. The Bertz CT molecular complexity index is 800. The van der Waals surface area contributed by atoms with Crippen molar-refractivity contribution in [3.63, 3.8) is 0 Å². The molecule has 1 fully saturated rings. The predicted molar refractivity (Wildman–Crippen MR) is 110 cm³/mol. The number of nitrogens with zero attached hydrogens (tertiary/aromatic N) is 1. The molecule has 2 aromatic carbocycles. The van der Waals surface area contributed by atoms with E-state index in [0.717, 1.165) is 54.9 Å². The van der Waals surface area contributed by atoms with E-state index in [1.54, 1.807) is 11.8 Å². The van der Waals surface area contributed by atoms with Crippen LogP contribution in [0, 0.1) is 0 Å². The lowest BCUT2D eigenvalue weighted by molar-refractivity contribution is 0.0715. The summed E-state index contributed by atoms with van der Waals surface area (Å²) in [6, 6.07) is 16.9. The van der Waals surface area contributed by atoms with Crippen molar-refractivity contribution in [3.05, 3.63) is 65.2 Å². The second kappa shape index (κ2) is 8.49. The number of aryl methyl sites for hydroxylation is 1. The average molecular weight is 382 g/mol. The number of carbonyl (C=O) groups is 1. The summed E-state index contributed by atoms with van der Waals surface area (Å²) in [6.45, 7) is 0.873. The van der Waals surface area contributed by atoms with Crippen LogP contribution in [0.3, 0.4) is 0 Å². The topological polar surface area (TPSA) is 29.5 Å². The largest absolute Gasteiger partial charge is 0.377 e. The Hall–Kier alpha value is -1.78. The molecule has 0 saturated carbocycles. The number of benzene rings is 2. The van der Waals surface area contributed by atoms with Gasteiger partial charge in [-0.1, -0.05) is 36.4 Å². The molecule has 0 radical (unpaired) electrons. The monoisotopic (exact) mass is 381 g/mol. The summed E-state index contributed by atoms with van der Waals surface area (Å²) in [6.07, 6.45) is 5.63. The number of likely N-dealkylation sites (N-methyl/N-ethyl adjacent to an activating group) is 1. The third-order valence-corrected chi connectivity index (χ3v) is 6.96. The number of thioether (sulfide) groups is 1. The first-order chi connectivity index (χ1) is 13.2. The second-order valence-corrected chi connectivity index (χ2v) is 8.59. The van der Waals surface area contributed by atoms with Crippen molar-refractivity contribution in [1.29, 1.82) is 0 Å². The normalized spacial score (nSPS) is 21.7. The molecule has 2 aromatic rings. The summed E-state index contributed by atoms with van der Waals surface area (Å²) in [7, 11) is 1.96. The Labute approximate surface area is 166 Å². The van der Waals surface area contributed by atoms with Crippen LogP contribution < -0.4 is 0 Å². The van der Waals surface area contributed by atoms with Crippen molar-refractivity contribution >= 4 is 17.7 Å². The minimum Gasteiger partial charge on any atom is -0.377 e. The Morgan fingerprint density at radius 2 is 1.89 bits per heavy atom. The van der Waals surface area contributed by atoms with E-state index >= 15 is 0 Å². The van der Waals surface area contributed by atoms with E-state index in [-0.39, 0.29) is 11.9 Å². The highest BCUT2D eigenvalue weighted by Crippen LogP contribution is 2.29. The standard InChI is InChI=1S/C23H27NO2S/c1-24(19-13-12-17-7-2-3-8-18(17)15-19)23(25)21-10-4-5-11-22(21)27-16-20-9-6-14-26-20/h2-5,7-8,10-11,19-20H,6,9,12-16H2,1H3. The van der Waals surface area contributed by atoms with Crippen molar-refractivity contribution in [2.75, 3.05) is 19.4 Å². The Morgan fingerprint density at radius 3 is 2.70 bits per heavy atom. The maximum Gasteiger partial charge on any atom is 0.254 e. The molecular weight excluding hydrogens is 354 g/mol. The van der Waals surface area contributed by atoms with Gasteiger partial charge in [-0.25, -0.2) is 0 Å². The van der Waals surface area contributed by atoms with Crippen molar-refractivity contribution in [2.24, 2.45) is 0 Å². The number of rotatable bonds is 5. The Balaban J connectivity index is 1.46. The van der Waals surface area contributed by atoms with E-state index < -0.39 is 0 Å². The van der Waals surface area contributed by atoms with E-state index in [1.165, 1.54) is 11.1 Å². The molecule has 4 heteroatoms. The molecule has 3 nitrogen and oxygen atoms in total. The van der Waals surface area contributed by atoms with Crippen molar-refractivity contribution in [3.8, 4) is 0 Å². The lowest BCUT2D eigenvalue weighted by Crippen LogP contribution is -2.40. The number of amides is 1. The molecule has 1 aliphatic carbocycles. The SMILES string of the molecule is CN(C(=O)c1ccccc1SCC1CCCO1)C1CCc2ccccc2C1. The first kappa shape index (κ1) is 18.6. The van der Waals surface area contributed by atoms with Crippen LogP contribution in [0.1, 0.15) is 40.7 Å². The molecule has 142 valence electrons. The van der Waals surface area contributed by atoms with Gasteiger partial charge in [-0.05, 0) is 55.4 Å². The maximum atomic E-state index is 13.3. The van der Waals surface area contributed by atoms with E-state index in [1.807, 2.05) is 30.1 Å². The average Bonchev–Trinajstić information content (AvgIpc) is 3.24. The van der Waals surface area contributed by atoms with Gasteiger partial charge >= 0.3 is 0 Å². The fraction of sp³-hybridized carbons (Fsp3) is 0.435. The van der Waals surface area contributed by atoms with Gasteiger partial charge in [-0.15, -0.1) is 11.8 Å². The van der Waals surface area contributed by atoms with Gasteiger partial charge in [0.15, 0.2) is 0 Å². The predicted octanol–water partition coefficient (Wildman–Crippen LogP) is 4.59. The van der Waals surface area contributed by atoms with Gasteiger partial charge in [-0.3, -0.25) is 4.79 Å². The van der Waals surface area contributed by atoms with Crippen LogP contribution in [0.25, 0.3) is 0 Å². The summed E-state index contributed by atoms with van der Waals surface area (Å²) in [5.41, 5.74) is 3.64. The highest BCUT2D eigenvalue weighted by Gasteiger charge is 2.27. The van der Waals surface area contributed by atoms with E-state index in [4.69, 9.17) is 4.74 Å². The fourth-order valence-electron chi connectivity index (χ4n) is 4.09. The highest BCUT2D eigenvalue weighted by molar-refractivity contribution is 7.99. The molecule has 1 aliphatic heterocycles. The molecule has 2 unspecified atom stereocenters. The lowest BCUT2D eigenvalue weighted by Gasteiger charge is -2.33. The van der Waals surface area contributed by atoms with Gasteiger partial charge in [-0.2, -0.15) is 0 Å². The first-order valence-corrected chi connectivity index (χ1v) is 10.9. The van der Waals surface area contributed by atoms with Crippen molar-refractivity contribution in [2.45, 2.75) is 49.1 Å². The summed E-state index contributed by atoms with van der Waals surface area (Å²) in [5.74, 6) is 1.06. The zero-order chi connectivity index (χ0) is 18.6. The number of hydrogen-bond acceptors (Lipinski definition) is 3. The highest BCUT2D eigenvalue weighted by atomic mass is 32.2. The van der Waals surface area contributed by atoms with Gasteiger partial charge in [0.05, 0.1) is 11.7 Å². The second-order valence-electron chi connectivity index (χ2n) is 7.52. The minimum absolute atomic E-state index is 0.134. The Kier molecular flexibility index (Phi) is 5.84. The first-order valence-electron chi connectivity index (χ1n) is 9.90. The quantitative estimate of drug-likeness (QED) is 0.710. The minimum atomic E-state index is 0.134.